The molecule has 0 radical (unpaired) electrons. The van der Waals surface area contributed by atoms with Crippen LogP contribution in [0, 0.1) is 0 Å². The zero-order valence-electron chi connectivity index (χ0n) is 20.8. The van der Waals surface area contributed by atoms with E-state index in [9.17, 15) is 14.4 Å². The summed E-state index contributed by atoms with van der Waals surface area (Å²) in [5, 5.41) is 0. The van der Waals surface area contributed by atoms with Gasteiger partial charge < -0.3 is 24.7 Å². The van der Waals surface area contributed by atoms with Gasteiger partial charge in [-0.2, -0.15) is 0 Å². The van der Waals surface area contributed by atoms with Crippen molar-refractivity contribution in [2.45, 2.75) is 12.8 Å². The van der Waals surface area contributed by atoms with Gasteiger partial charge in [0.05, 0.1) is 49.5 Å². The predicted octanol–water partition coefficient (Wildman–Crippen LogP) is 1.57. The number of nitrogens with two attached hydrogens (primary N) is 1. The molecule has 1 atom stereocenters. The van der Waals surface area contributed by atoms with E-state index in [2.05, 4.69) is 0 Å². The Labute approximate surface area is 216 Å². The number of fused-ring (bicyclic) bond motifs is 1. The van der Waals surface area contributed by atoms with Crippen LogP contribution < -0.4 is 30.0 Å². The van der Waals surface area contributed by atoms with Crippen LogP contribution in [-0.4, -0.2) is 44.4 Å². The average molecular weight is 523 g/mol. The standard InChI is InChI=1S/C27H26N2O7S/c1-5-36-27(32)21-20(16-8-12-18(34-3)13-9-16)22(26(31)35-4)25-29(23(21)28)24(30)19(37-25)14-15-6-10-17(33-2)11-7-15/h6-14,20H,5,28H2,1-4H3/b19-14+. The third-order valence-electron chi connectivity index (χ3n) is 5.91. The molecule has 2 aromatic carbocycles. The summed E-state index contributed by atoms with van der Waals surface area (Å²) >= 11 is 1.09. The van der Waals surface area contributed by atoms with E-state index < -0.39 is 23.4 Å². The molecule has 4 rings (SSSR count). The van der Waals surface area contributed by atoms with Crippen molar-refractivity contribution < 1.29 is 28.5 Å². The number of carbonyl (C=O) groups excluding carboxylic acids is 2. The van der Waals surface area contributed by atoms with Crippen molar-refractivity contribution in [3.63, 3.8) is 0 Å². The van der Waals surface area contributed by atoms with E-state index in [4.69, 9.17) is 24.7 Å². The predicted molar refractivity (Wildman–Crippen MR) is 140 cm³/mol. The van der Waals surface area contributed by atoms with Gasteiger partial charge in [0.2, 0.25) is 0 Å². The summed E-state index contributed by atoms with van der Waals surface area (Å²) < 4.78 is 22.6. The summed E-state index contributed by atoms with van der Waals surface area (Å²) in [6.45, 7) is 1.75. The number of thiazole rings is 1. The number of methoxy groups -OCH3 is 3. The van der Waals surface area contributed by atoms with E-state index in [1.165, 1.54) is 18.8 Å². The Bertz CT molecular complexity index is 1550. The van der Waals surface area contributed by atoms with Gasteiger partial charge >= 0.3 is 11.9 Å². The maximum atomic E-state index is 13.5. The zero-order chi connectivity index (χ0) is 26.7. The minimum atomic E-state index is -0.927. The van der Waals surface area contributed by atoms with Gasteiger partial charge in [0.1, 0.15) is 22.0 Å². The molecule has 1 aliphatic heterocycles. The lowest BCUT2D eigenvalue weighted by Gasteiger charge is -2.26. The van der Waals surface area contributed by atoms with Crippen LogP contribution >= 0.6 is 11.3 Å². The van der Waals surface area contributed by atoms with Crippen molar-refractivity contribution in [1.82, 2.24) is 4.57 Å². The normalized spacial score (nSPS) is 15.3. The Morgan fingerprint density at radius 2 is 1.54 bits per heavy atom. The van der Waals surface area contributed by atoms with Crippen molar-refractivity contribution in [3.8, 4) is 11.5 Å². The van der Waals surface area contributed by atoms with Gasteiger partial charge in [0, 0.05) is 0 Å². The molecule has 0 bridgehead atoms. The molecule has 1 aliphatic rings. The topological polar surface area (TPSA) is 119 Å². The highest BCUT2D eigenvalue weighted by Gasteiger charge is 2.39. The van der Waals surface area contributed by atoms with E-state index in [0.29, 0.717) is 21.6 Å². The van der Waals surface area contributed by atoms with Gasteiger partial charge in [-0.15, -0.1) is 11.3 Å². The lowest BCUT2D eigenvalue weighted by molar-refractivity contribution is -0.138. The number of ether oxygens (including phenoxy) is 4. The average Bonchev–Trinajstić information content (AvgIpc) is 3.24. The van der Waals surface area contributed by atoms with E-state index >= 15 is 0 Å². The number of aromatic nitrogens is 1. The molecule has 0 aliphatic carbocycles. The second-order valence-corrected chi connectivity index (χ2v) is 8.99. The van der Waals surface area contributed by atoms with E-state index in [1.54, 1.807) is 68.6 Å². The SMILES string of the molecule is CCOC(=O)C1=C(N)n2c(s/c(=C/c3ccc(OC)cc3)c2=O)=C(C(=O)OC)C1c1ccc(OC)cc1. The molecule has 0 saturated heterocycles. The summed E-state index contributed by atoms with van der Waals surface area (Å²) in [6.07, 6.45) is 1.69. The summed E-state index contributed by atoms with van der Waals surface area (Å²) in [5.74, 6) is -1.18. The first-order valence-electron chi connectivity index (χ1n) is 11.4. The molecule has 0 amide bonds. The Balaban J connectivity index is 2.06. The quantitative estimate of drug-likeness (QED) is 0.465. The molecule has 37 heavy (non-hydrogen) atoms. The van der Waals surface area contributed by atoms with Crippen LogP contribution in [0.4, 0.5) is 0 Å². The Morgan fingerprint density at radius 3 is 2.08 bits per heavy atom. The van der Waals surface area contributed by atoms with Crippen molar-refractivity contribution in [3.05, 3.63) is 84.8 Å². The van der Waals surface area contributed by atoms with Gasteiger partial charge in [0.25, 0.3) is 5.56 Å². The molecule has 0 fully saturated rings. The van der Waals surface area contributed by atoms with E-state index in [0.717, 1.165) is 16.9 Å². The molecule has 3 aromatic rings. The van der Waals surface area contributed by atoms with Crippen LogP contribution in [-0.2, 0) is 19.1 Å². The monoisotopic (exact) mass is 522 g/mol. The van der Waals surface area contributed by atoms with E-state index in [1.807, 2.05) is 0 Å². The van der Waals surface area contributed by atoms with Gasteiger partial charge in [-0.25, -0.2) is 9.59 Å². The molecule has 2 heterocycles. The second-order valence-electron chi connectivity index (χ2n) is 7.96. The van der Waals surface area contributed by atoms with Crippen molar-refractivity contribution in [1.29, 1.82) is 0 Å². The molecule has 10 heteroatoms. The summed E-state index contributed by atoms with van der Waals surface area (Å²) in [7, 11) is 4.35. The number of esters is 2. The van der Waals surface area contributed by atoms with Crippen molar-refractivity contribution in [2.75, 3.05) is 27.9 Å². The Hall–Kier alpha value is -4.31. The number of hydrogen-bond acceptors (Lipinski definition) is 9. The molecular weight excluding hydrogens is 496 g/mol. The fourth-order valence-corrected chi connectivity index (χ4v) is 5.31. The molecule has 192 valence electrons. The maximum absolute atomic E-state index is 13.5. The van der Waals surface area contributed by atoms with Crippen LogP contribution in [0.25, 0.3) is 17.5 Å². The minimum Gasteiger partial charge on any atom is -0.497 e. The largest absolute Gasteiger partial charge is 0.497 e. The van der Waals surface area contributed by atoms with Crippen LogP contribution in [0.1, 0.15) is 24.0 Å². The van der Waals surface area contributed by atoms with Crippen molar-refractivity contribution in [2.24, 2.45) is 5.73 Å². The molecule has 9 nitrogen and oxygen atoms in total. The number of carbonyl (C=O) groups is 2. The maximum Gasteiger partial charge on any atom is 0.338 e. The van der Waals surface area contributed by atoms with Gasteiger partial charge in [0.15, 0.2) is 0 Å². The van der Waals surface area contributed by atoms with Gasteiger partial charge in [-0.1, -0.05) is 24.3 Å². The first-order valence-corrected chi connectivity index (χ1v) is 12.2. The first kappa shape index (κ1) is 25.8. The zero-order valence-corrected chi connectivity index (χ0v) is 21.6. The van der Waals surface area contributed by atoms with Crippen LogP contribution in [0.5, 0.6) is 11.5 Å². The smallest absolute Gasteiger partial charge is 0.338 e. The number of hydrogen-bond donors (Lipinski definition) is 1. The number of nitrogens with zero attached hydrogens (tertiary/aromatic N) is 1. The summed E-state index contributed by atoms with van der Waals surface area (Å²) in [5.41, 5.74) is 7.44. The molecule has 0 spiro atoms. The third-order valence-corrected chi connectivity index (χ3v) is 7.02. The Kier molecular flexibility index (Phi) is 7.49. The number of rotatable bonds is 7. The molecule has 0 saturated carbocycles. The highest BCUT2D eigenvalue weighted by molar-refractivity contribution is 7.07. The minimum absolute atomic E-state index is 0.0178. The number of benzene rings is 2. The highest BCUT2D eigenvalue weighted by Crippen LogP contribution is 2.38. The van der Waals surface area contributed by atoms with Gasteiger partial charge in [-0.05, 0) is 48.4 Å². The lowest BCUT2D eigenvalue weighted by Crippen LogP contribution is -2.41. The summed E-state index contributed by atoms with van der Waals surface area (Å²) in [4.78, 5) is 39.9. The Morgan fingerprint density at radius 1 is 0.946 bits per heavy atom. The molecule has 1 unspecified atom stereocenters. The first-order chi connectivity index (χ1) is 17.8. The van der Waals surface area contributed by atoms with Gasteiger partial charge in [-0.3, -0.25) is 9.36 Å². The van der Waals surface area contributed by atoms with Crippen LogP contribution in [0.2, 0.25) is 0 Å². The summed E-state index contributed by atoms with van der Waals surface area (Å²) in [6, 6.07) is 14.0. The molecule has 1 aromatic heterocycles. The second kappa shape index (κ2) is 10.8. The van der Waals surface area contributed by atoms with E-state index in [-0.39, 0.29) is 28.2 Å². The molecular formula is C27H26N2O7S. The fourth-order valence-electron chi connectivity index (χ4n) is 4.15. The fraction of sp³-hybridized carbons (Fsp3) is 0.222. The molecule has 2 N–H and O–H groups in total. The lowest BCUT2D eigenvalue weighted by atomic mass is 9.83. The third kappa shape index (κ3) is 4.75. The highest BCUT2D eigenvalue weighted by atomic mass is 32.1. The van der Waals surface area contributed by atoms with Crippen molar-refractivity contribution >= 4 is 40.7 Å². The van der Waals surface area contributed by atoms with Crippen LogP contribution in [0.15, 0.2) is 58.9 Å². The van der Waals surface area contributed by atoms with Crippen LogP contribution in [0.3, 0.4) is 0 Å².